The van der Waals surface area contributed by atoms with Gasteiger partial charge in [0.2, 0.25) is 6.23 Å². The van der Waals surface area contributed by atoms with E-state index < -0.39 is 65.6 Å². The van der Waals surface area contributed by atoms with Crippen LogP contribution >= 0.6 is 12.6 Å². The molecule has 0 spiro atoms. The van der Waals surface area contributed by atoms with Crippen molar-refractivity contribution in [3.63, 3.8) is 0 Å². The number of thiol groups is 1. The van der Waals surface area contributed by atoms with Gasteiger partial charge in [0.15, 0.2) is 23.3 Å². The van der Waals surface area contributed by atoms with Crippen LogP contribution in [0.1, 0.15) is 26.8 Å². The van der Waals surface area contributed by atoms with Crippen molar-refractivity contribution in [1.29, 1.82) is 0 Å². The molecule has 0 bridgehead atoms. The van der Waals surface area contributed by atoms with E-state index in [2.05, 4.69) is 0 Å². The fourth-order valence-electron chi connectivity index (χ4n) is 6.45. The number of ether oxygens (including phenoxy) is 5. The van der Waals surface area contributed by atoms with Crippen LogP contribution in [0.2, 0.25) is 0 Å². The predicted octanol–water partition coefficient (Wildman–Crippen LogP) is 3.84. The van der Waals surface area contributed by atoms with Crippen molar-refractivity contribution in [3.8, 4) is 22.6 Å². The summed E-state index contributed by atoms with van der Waals surface area (Å²) in [7, 11) is 1.53. The Hall–Kier alpha value is -5.74. The Morgan fingerprint density at radius 3 is 2.20 bits per heavy atom. The third-order valence-corrected chi connectivity index (χ3v) is 8.89. The number of benzene rings is 3. The summed E-state index contributed by atoms with van der Waals surface area (Å²) in [4.78, 5) is 64.5. The highest BCUT2D eigenvalue weighted by Crippen LogP contribution is 2.48. The molecule has 16 heteroatoms. The van der Waals surface area contributed by atoms with Crippen LogP contribution in [0.15, 0.2) is 88.7 Å². The van der Waals surface area contributed by atoms with E-state index in [9.17, 15) is 29.3 Å². The number of fused-ring (bicyclic) bond motifs is 3. The second-order valence-electron chi connectivity index (χ2n) is 11.7. The Bertz CT molecular complexity index is 2060. The summed E-state index contributed by atoms with van der Waals surface area (Å²) < 4.78 is 31.8. The minimum Gasteiger partial charge on any atom is -0.497 e. The lowest BCUT2D eigenvalue weighted by Gasteiger charge is -2.28. The number of anilines is 2. The van der Waals surface area contributed by atoms with Gasteiger partial charge in [-0.25, -0.2) is 4.90 Å². The number of carbonyl (C=O) groups excluding carboxylic acids is 3. The fraction of sp³-hybridized carbons (Fsp3) is 0.286. The monoisotopic (exact) mass is 717 g/mol. The zero-order valence-electron chi connectivity index (χ0n) is 27.8. The molecule has 0 unspecified atom stereocenters. The number of rotatable bonds is 10. The Kier molecular flexibility index (Phi) is 9.80. The van der Waals surface area contributed by atoms with Crippen LogP contribution in [0.4, 0.5) is 17.3 Å². The Morgan fingerprint density at radius 1 is 0.961 bits per heavy atom. The Balaban J connectivity index is 1.67. The van der Waals surface area contributed by atoms with Gasteiger partial charge in [-0.05, 0) is 42.0 Å². The first-order chi connectivity index (χ1) is 24.4. The molecule has 3 aromatic carbocycles. The molecule has 0 amide bonds. The van der Waals surface area contributed by atoms with Gasteiger partial charge in [0, 0.05) is 32.9 Å². The van der Waals surface area contributed by atoms with Crippen LogP contribution < -0.4 is 19.8 Å². The fourth-order valence-corrected chi connectivity index (χ4v) is 6.88. The first-order valence-electron chi connectivity index (χ1n) is 15.7. The van der Waals surface area contributed by atoms with Crippen LogP contribution in [0.25, 0.3) is 16.8 Å². The first-order valence-corrected chi connectivity index (χ1v) is 16.2. The minimum absolute atomic E-state index is 0.177. The lowest BCUT2D eigenvalue weighted by atomic mass is 10.0. The summed E-state index contributed by atoms with van der Waals surface area (Å²) in [6.45, 7) is 3.10. The maximum atomic E-state index is 14.9. The molecule has 1 aromatic heterocycles. The van der Waals surface area contributed by atoms with Gasteiger partial charge in [0.25, 0.3) is 5.69 Å². The largest absolute Gasteiger partial charge is 0.497 e. The maximum absolute atomic E-state index is 14.9. The van der Waals surface area contributed by atoms with E-state index in [0.29, 0.717) is 22.7 Å². The third-order valence-electron chi connectivity index (χ3n) is 8.47. The number of nitro groups is 1. The molecule has 0 N–H and O–H groups in total. The average molecular weight is 718 g/mol. The number of nitrogens with zero attached hydrogens (tertiary/aromatic N) is 4. The van der Waals surface area contributed by atoms with Crippen molar-refractivity contribution >= 4 is 47.9 Å². The molecule has 4 aromatic rings. The molecule has 1 saturated heterocycles. The van der Waals surface area contributed by atoms with Crippen LogP contribution in [0.3, 0.4) is 0 Å². The molecule has 1 fully saturated rings. The van der Waals surface area contributed by atoms with Gasteiger partial charge in [-0.15, -0.1) is 12.6 Å². The molecule has 2 aliphatic heterocycles. The van der Waals surface area contributed by atoms with E-state index in [1.807, 2.05) is 0 Å². The summed E-state index contributed by atoms with van der Waals surface area (Å²) >= 11 is 4.94. The number of non-ortho nitro benzene ring substituents is 1. The summed E-state index contributed by atoms with van der Waals surface area (Å²) in [5.74, 6) is -1.30. The molecule has 0 saturated carbocycles. The smallest absolute Gasteiger partial charge is 0.376 e. The molecule has 264 valence electrons. The van der Waals surface area contributed by atoms with Crippen molar-refractivity contribution in [3.05, 3.63) is 99.3 Å². The number of nitro benzene ring substituents is 1. The zero-order valence-corrected chi connectivity index (χ0v) is 28.7. The summed E-state index contributed by atoms with van der Waals surface area (Å²) in [6, 6.07) is 20.4. The van der Waals surface area contributed by atoms with Gasteiger partial charge in [0.05, 0.1) is 12.0 Å². The van der Waals surface area contributed by atoms with E-state index in [1.165, 1.54) is 56.7 Å². The molecule has 0 radical (unpaired) electrons. The normalized spacial score (nSPS) is 19.4. The minimum atomic E-state index is -1.27. The number of aromatic nitrogens is 2. The van der Waals surface area contributed by atoms with E-state index in [0.717, 1.165) is 0 Å². The molecule has 6 rings (SSSR count). The van der Waals surface area contributed by atoms with E-state index >= 15 is 0 Å². The van der Waals surface area contributed by atoms with Gasteiger partial charge < -0.3 is 23.7 Å². The highest BCUT2D eigenvalue weighted by atomic mass is 32.1. The second kappa shape index (κ2) is 14.2. The van der Waals surface area contributed by atoms with Crippen molar-refractivity contribution in [2.24, 2.45) is 0 Å². The van der Waals surface area contributed by atoms with Crippen molar-refractivity contribution in [2.45, 2.75) is 56.4 Å². The van der Waals surface area contributed by atoms with E-state index in [4.69, 9.17) is 36.3 Å². The molecule has 15 nitrogen and oxygen atoms in total. The van der Waals surface area contributed by atoms with Crippen molar-refractivity contribution in [2.75, 3.05) is 18.6 Å². The first kappa shape index (κ1) is 35.1. The van der Waals surface area contributed by atoms with Gasteiger partial charge in [-0.2, -0.15) is 9.13 Å². The van der Waals surface area contributed by atoms with Gasteiger partial charge in [0.1, 0.15) is 35.4 Å². The van der Waals surface area contributed by atoms with Crippen LogP contribution in [0, 0.1) is 10.1 Å². The molecule has 3 heterocycles. The topological polar surface area (TPSA) is 170 Å². The highest BCUT2D eigenvalue weighted by Gasteiger charge is 2.64. The number of carbonyl (C=O) groups is 3. The second-order valence-corrected chi connectivity index (χ2v) is 12.1. The molecular weight excluding hydrogens is 684 g/mol. The lowest BCUT2D eigenvalue weighted by Crippen LogP contribution is -2.49. The molecule has 5 atom stereocenters. The quantitative estimate of drug-likeness (QED) is 0.0479. The Morgan fingerprint density at radius 2 is 1.63 bits per heavy atom. The lowest BCUT2D eigenvalue weighted by molar-refractivity contribution is -0.625. The molecule has 51 heavy (non-hydrogen) atoms. The number of esters is 3. The predicted molar refractivity (Wildman–Crippen MR) is 182 cm³/mol. The summed E-state index contributed by atoms with van der Waals surface area (Å²) in [5, 5.41) is 11.9. The molecular formula is C35H33N4O11S+. The highest BCUT2D eigenvalue weighted by molar-refractivity contribution is 7.80. The summed E-state index contributed by atoms with van der Waals surface area (Å²) in [5.41, 5.74) is 0.989. The third kappa shape index (κ3) is 6.62. The van der Waals surface area contributed by atoms with Crippen molar-refractivity contribution in [1.82, 2.24) is 4.57 Å². The number of hydrogen-bond donors (Lipinski definition) is 1. The van der Waals surface area contributed by atoms with Gasteiger partial charge in [-0.1, -0.05) is 30.3 Å². The SMILES string of the molecule is COc1ccc(-[n+]2c(S)c(-c3ccccc3)c(=O)n3c2N(c2ccc([N+](=O)[O-])cc2)[C@H]2O[C@H]([C@@H](COC(C)=O)OC(C)=O)[C@H](OC(C)=O)[C@H]23)cc1. The van der Waals surface area contributed by atoms with Crippen LogP contribution in [0.5, 0.6) is 5.75 Å². The van der Waals surface area contributed by atoms with Crippen molar-refractivity contribution < 1.29 is 47.6 Å². The van der Waals surface area contributed by atoms with E-state index in [-0.39, 0.29) is 22.2 Å². The zero-order chi connectivity index (χ0) is 36.6. The van der Waals surface area contributed by atoms with Crippen LogP contribution in [-0.4, -0.2) is 65.7 Å². The van der Waals surface area contributed by atoms with Crippen LogP contribution in [-0.2, 0) is 33.3 Å². The van der Waals surface area contributed by atoms with Gasteiger partial charge in [-0.3, -0.25) is 29.3 Å². The molecule has 0 aliphatic carbocycles. The Labute approximate surface area is 296 Å². The standard InChI is InChI=1S/C35H32N4O11S/c1-19(40)47-18-27(48-20(2)41)30-31(49-21(3)42)29-33(50-30)36(23-10-12-25(13-11-23)39(44)45)35-37(24-14-16-26(46-4)17-15-24)34(51)28(32(43)38(29)35)22-8-6-5-7-9-22/h5-17,27,29-31,33H,18H2,1-4H3/p+1/t27-,29-,30-,31-,33+/m1/s1. The van der Waals surface area contributed by atoms with Gasteiger partial charge >= 0.3 is 29.4 Å². The average Bonchev–Trinajstić information content (AvgIpc) is 3.61. The number of methoxy groups -OCH3 is 1. The molecule has 2 aliphatic rings. The summed E-state index contributed by atoms with van der Waals surface area (Å²) in [6.07, 6.45) is -4.90. The van der Waals surface area contributed by atoms with E-state index in [1.54, 1.807) is 64.1 Å². The number of hydrogen-bond acceptors (Lipinski definition) is 13. The maximum Gasteiger partial charge on any atom is 0.376 e.